The predicted molar refractivity (Wildman–Crippen MR) is 73.5 cm³/mol. The van der Waals surface area contributed by atoms with Crippen LogP contribution in [0.15, 0.2) is 0 Å². The van der Waals surface area contributed by atoms with Crippen LogP contribution in [0.1, 0.15) is 40.0 Å². The third-order valence-corrected chi connectivity index (χ3v) is 5.47. The lowest BCUT2D eigenvalue weighted by atomic mass is 9.90. The molecule has 0 aliphatic carbocycles. The Labute approximate surface area is 116 Å². The molecule has 6 heteroatoms. The van der Waals surface area contributed by atoms with Gasteiger partial charge in [-0.3, -0.25) is 0 Å². The van der Waals surface area contributed by atoms with Crippen LogP contribution in [-0.2, 0) is 19.5 Å². The van der Waals surface area contributed by atoms with Crippen LogP contribution in [-0.4, -0.2) is 45.6 Å². The predicted octanol–water partition coefficient (Wildman–Crippen LogP) is 1.29. The fourth-order valence-electron chi connectivity index (χ4n) is 2.86. The molecule has 19 heavy (non-hydrogen) atoms. The molecule has 1 spiro atoms. The third-order valence-electron chi connectivity index (χ3n) is 3.53. The van der Waals surface area contributed by atoms with Gasteiger partial charge in [0.25, 0.3) is 0 Å². The number of sulfonamides is 1. The summed E-state index contributed by atoms with van der Waals surface area (Å²) in [5.41, 5.74) is -0.488. The first-order valence-electron chi connectivity index (χ1n) is 6.92. The molecule has 2 fully saturated rings. The average Bonchev–Trinajstić information content (AvgIpc) is 2.61. The molecule has 0 unspecified atom stereocenters. The van der Waals surface area contributed by atoms with Gasteiger partial charge < -0.3 is 9.47 Å². The van der Waals surface area contributed by atoms with Crippen molar-refractivity contribution in [3.63, 3.8) is 0 Å². The molecule has 0 aromatic rings. The van der Waals surface area contributed by atoms with Crippen molar-refractivity contribution in [2.45, 2.75) is 51.7 Å². The van der Waals surface area contributed by atoms with Crippen LogP contribution < -0.4 is 4.72 Å². The van der Waals surface area contributed by atoms with E-state index in [4.69, 9.17) is 9.47 Å². The Morgan fingerprint density at radius 3 is 2.63 bits per heavy atom. The third kappa shape index (κ3) is 4.41. The van der Waals surface area contributed by atoms with E-state index < -0.39 is 10.0 Å². The first-order valence-corrected chi connectivity index (χ1v) is 8.57. The second-order valence-corrected chi connectivity index (χ2v) is 8.72. The Bertz CT molecular complexity index is 407. The van der Waals surface area contributed by atoms with E-state index in [-0.39, 0.29) is 22.8 Å². The molecule has 2 saturated heterocycles. The molecule has 2 aliphatic rings. The standard InChI is InChI=1S/C13H25NO4S/c1-12(2,3)10-19(15,16)14-11-4-6-18-13(8-11)5-7-17-9-13/h11,14H,4-10H2,1-3H3/t11-,13+/m1/s1. The molecule has 0 bridgehead atoms. The van der Waals surface area contributed by atoms with Crippen molar-refractivity contribution in [1.82, 2.24) is 4.72 Å². The summed E-state index contributed by atoms with van der Waals surface area (Å²) in [5.74, 6) is 0.154. The molecule has 2 heterocycles. The lowest BCUT2D eigenvalue weighted by molar-refractivity contribution is -0.0868. The lowest BCUT2D eigenvalue weighted by Gasteiger charge is -2.37. The summed E-state index contributed by atoms with van der Waals surface area (Å²) in [4.78, 5) is 0. The van der Waals surface area contributed by atoms with Crippen LogP contribution in [0.4, 0.5) is 0 Å². The Morgan fingerprint density at radius 2 is 2.05 bits per heavy atom. The molecule has 0 aromatic carbocycles. The van der Waals surface area contributed by atoms with E-state index >= 15 is 0 Å². The van der Waals surface area contributed by atoms with Gasteiger partial charge in [-0.1, -0.05) is 20.8 Å². The van der Waals surface area contributed by atoms with Crippen molar-refractivity contribution in [2.75, 3.05) is 25.6 Å². The normalized spacial score (nSPS) is 32.9. The molecule has 1 N–H and O–H groups in total. The molecule has 2 atom stereocenters. The molecule has 0 saturated carbocycles. The van der Waals surface area contributed by atoms with Crippen LogP contribution in [0.2, 0.25) is 0 Å². The minimum atomic E-state index is -3.23. The smallest absolute Gasteiger partial charge is 0.212 e. The lowest BCUT2D eigenvalue weighted by Crippen LogP contribution is -2.50. The van der Waals surface area contributed by atoms with Gasteiger partial charge in [-0.25, -0.2) is 13.1 Å². The van der Waals surface area contributed by atoms with Crippen LogP contribution in [0, 0.1) is 5.41 Å². The summed E-state index contributed by atoms with van der Waals surface area (Å²) in [7, 11) is -3.23. The number of hydrogen-bond donors (Lipinski definition) is 1. The molecule has 0 amide bonds. The minimum Gasteiger partial charge on any atom is -0.378 e. The summed E-state index contributed by atoms with van der Waals surface area (Å²) in [6, 6.07) is -0.0252. The van der Waals surface area contributed by atoms with E-state index in [2.05, 4.69) is 4.72 Å². The van der Waals surface area contributed by atoms with E-state index in [1.54, 1.807) is 0 Å². The van der Waals surface area contributed by atoms with Crippen molar-refractivity contribution in [2.24, 2.45) is 5.41 Å². The van der Waals surface area contributed by atoms with Gasteiger partial charge in [-0.05, 0) is 18.3 Å². The van der Waals surface area contributed by atoms with Crippen LogP contribution in [0.5, 0.6) is 0 Å². The van der Waals surface area contributed by atoms with E-state index in [1.807, 2.05) is 20.8 Å². The first kappa shape index (κ1) is 15.2. The topological polar surface area (TPSA) is 64.6 Å². The molecule has 5 nitrogen and oxygen atoms in total. The highest BCUT2D eigenvalue weighted by Crippen LogP contribution is 2.33. The number of ether oxygens (including phenoxy) is 2. The quantitative estimate of drug-likeness (QED) is 0.851. The molecular weight excluding hydrogens is 266 g/mol. The van der Waals surface area contributed by atoms with E-state index in [0.29, 0.717) is 19.8 Å². The van der Waals surface area contributed by atoms with Crippen molar-refractivity contribution < 1.29 is 17.9 Å². The van der Waals surface area contributed by atoms with Crippen molar-refractivity contribution in [3.8, 4) is 0 Å². The van der Waals surface area contributed by atoms with Crippen molar-refractivity contribution in [3.05, 3.63) is 0 Å². The molecular formula is C13H25NO4S. The zero-order chi connectivity index (χ0) is 14.1. The Kier molecular flexibility index (Phi) is 4.26. The summed E-state index contributed by atoms with van der Waals surface area (Å²) < 4.78 is 38.3. The maximum absolute atomic E-state index is 12.1. The Balaban J connectivity index is 1.95. The summed E-state index contributed by atoms with van der Waals surface area (Å²) in [6.07, 6.45) is 2.33. The van der Waals surface area contributed by atoms with Gasteiger partial charge in [0.2, 0.25) is 10.0 Å². The van der Waals surface area contributed by atoms with Crippen molar-refractivity contribution in [1.29, 1.82) is 0 Å². The van der Waals surface area contributed by atoms with Gasteiger partial charge in [0.15, 0.2) is 0 Å². The Hall–Kier alpha value is -0.170. The number of nitrogens with one attached hydrogen (secondary N) is 1. The highest BCUT2D eigenvalue weighted by atomic mass is 32.2. The highest BCUT2D eigenvalue weighted by molar-refractivity contribution is 7.89. The van der Waals surface area contributed by atoms with Gasteiger partial charge >= 0.3 is 0 Å². The maximum Gasteiger partial charge on any atom is 0.212 e. The fraction of sp³-hybridized carbons (Fsp3) is 1.00. The van der Waals surface area contributed by atoms with Crippen LogP contribution in [0.25, 0.3) is 0 Å². The summed E-state index contributed by atoms with van der Waals surface area (Å²) in [6.45, 7) is 7.70. The highest BCUT2D eigenvalue weighted by Gasteiger charge is 2.42. The SMILES string of the molecule is CC(C)(C)CS(=O)(=O)N[C@@H]1CCO[C@@]2(CCOC2)C1. The molecule has 2 aliphatic heterocycles. The van der Waals surface area contributed by atoms with E-state index in [9.17, 15) is 8.42 Å². The number of rotatable bonds is 3. The molecule has 0 radical (unpaired) electrons. The van der Waals surface area contributed by atoms with E-state index in [0.717, 1.165) is 19.3 Å². The zero-order valence-electron chi connectivity index (χ0n) is 12.1. The molecule has 112 valence electrons. The number of hydrogen-bond acceptors (Lipinski definition) is 4. The van der Waals surface area contributed by atoms with Crippen LogP contribution >= 0.6 is 0 Å². The first-order chi connectivity index (χ1) is 8.70. The minimum absolute atomic E-state index is 0.0252. The van der Waals surface area contributed by atoms with E-state index in [1.165, 1.54) is 0 Å². The van der Waals surface area contributed by atoms with Crippen molar-refractivity contribution >= 4 is 10.0 Å². The van der Waals surface area contributed by atoms with Gasteiger partial charge in [0, 0.05) is 25.7 Å². The molecule has 2 rings (SSSR count). The van der Waals surface area contributed by atoms with Gasteiger partial charge in [0.05, 0.1) is 18.0 Å². The second-order valence-electron chi connectivity index (χ2n) is 6.96. The Morgan fingerprint density at radius 1 is 1.32 bits per heavy atom. The maximum atomic E-state index is 12.1. The second kappa shape index (κ2) is 5.31. The zero-order valence-corrected chi connectivity index (χ0v) is 12.9. The van der Waals surface area contributed by atoms with Gasteiger partial charge in [-0.15, -0.1) is 0 Å². The largest absolute Gasteiger partial charge is 0.378 e. The van der Waals surface area contributed by atoms with Gasteiger partial charge in [-0.2, -0.15) is 0 Å². The fourth-order valence-corrected chi connectivity index (χ4v) is 4.79. The van der Waals surface area contributed by atoms with Gasteiger partial charge in [0.1, 0.15) is 0 Å². The summed E-state index contributed by atoms with van der Waals surface area (Å²) in [5, 5.41) is 0. The average molecular weight is 291 g/mol. The van der Waals surface area contributed by atoms with Crippen LogP contribution in [0.3, 0.4) is 0 Å². The summed E-state index contributed by atoms with van der Waals surface area (Å²) >= 11 is 0. The molecule has 0 aromatic heterocycles. The monoisotopic (exact) mass is 291 g/mol.